The molecule has 2 saturated carbocycles. The number of rotatable bonds is 3. The van der Waals surface area contributed by atoms with E-state index in [2.05, 4.69) is 0 Å². The van der Waals surface area contributed by atoms with E-state index in [0.29, 0.717) is 5.92 Å². The molecule has 2 nitrogen and oxygen atoms in total. The summed E-state index contributed by atoms with van der Waals surface area (Å²) < 4.78 is 0. The molecule has 0 spiro atoms. The maximum Gasteiger partial charge on any atom is 0.306 e. The van der Waals surface area contributed by atoms with Gasteiger partial charge in [-0.3, -0.25) is 4.79 Å². The molecule has 0 radical (unpaired) electrons. The number of carboxylic acid groups (broad SMARTS) is 1. The highest BCUT2D eigenvalue weighted by Gasteiger charge is 2.43. The van der Waals surface area contributed by atoms with Crippen molar-refractivity contribution in [2.45, 2.75) is 38.5 Å². The maximum atomic E-state index is 10.5. The third kappa shape index (κ3) is 1.62. The third-order valence-corrected chi connectivity index (χ3v) is 3.35. The molecule has 0 amide bonds. The van der Waals surface area contributed by atoms with Gasteiger partial charge >= 0.3 is 5.97 Å². The Morgan fingerprint density at radius 3 is 2.50 bits per heavy atom. The first-order valence-electron chi connectivity index (χ1n) is 5.00. The first-order chi connectivity index (χ1) is 5.77. The monoisotopic (exact) mass is 168 g/mol. The van der Waals surface area contributed by atoms with Gasteiger partial charge in [0.2, 0.25) is 0 Å². The molecule has 2 rings (SSSR count). The van der Waals surface area contributed by atoms with Crippen LogP contribution in [0.15, 0.2) is 0 Å². The number of hydrogen-bond donors (Lipinski definition) is 1. The van der Waals surface area contributed by atoms with Gasteiger partial charge in [0.1, 0.15) is 0 Å². The van der Waals surface area contributed by atoms with Crippen LogP contribution in [0.3, 0.4) is 0 Å². The fourth-order valence-electron chi connectivity index (χ4n) is 2.48. The smallest absolute Gasteiger partial charge is 0.306 e. The van der Waals surface area contributed by atoms with Gasteiger partial charge in [-0.05, 0) is 24.7 Å². The lowest BCUT2D eigenvalue weighted by Crippen LogP contribution is -2.02. The lowest BCUT2D eigenvalue weighted by Gasteiger charge is -2.06. The zero-order valence-corrected chi connectivity index (χ0v) is 7.33. The second-order valence-corrected chi connectivity index (χ2v) is 4.33. The minimum atomic E-state index is -0.571. The van der Waals surface area contributed by atoms with E-state index in [1.807, 2.05) is 0 Å². The van der Waals surface area contributed by atoms with Crippen molar-refractivity contribution in [1.29, 1.82) is 0 Å². The van der Waals surface area contributed by atoms with Gasteiger partial charge in [-0.1, -0.05) is 25.7 Å². The van der Waals surface area contributed by atoms with Crippen LogP contribution >= 0.6 is 0 Å². The molecule has 2 aliphatic rings. The number of carboxylic acids is 1. The molecule has 1 N–H and O–H groups in total. The zero-order valence-electron chi connectivity index (χ0n) is 7.33. The molecule has 0 heterocycles. The van der Waals surface area contributed by atoms with Crippen LogP contribution in [0.1, 0.15) is 38.5 Å². The third-order valence-electron chi connectivity index (χ3n) is 3.35. The van der Waals surface area contributed by atoms with Crippen molar-refractivity contribution >= 4 is 5.97 Å². The van der Waals surface area contributed by atoms with Crippen LogP contribution in [0, 0.1) is 17.8 Å². The summed E-state index contributed by atoms with van der Waals surface area (Å²) in [5, 5.41) is 8.70. The molecular formula is C10H16O2. The van der Waals surface area contributed by atoms with Gasteiger partial charge in [-0.15, -0.1) is 0 Å². The minimum Gasteiger partial charge on any atom is -0.481 e. The molecule has 0 aromatic heterocycles. The molecule has 2 unspecified atom stereocenters. The van der Waals surface area contributed by atoms with Crippen LogP contribution in [-0.4, -0.2) is 11.1 Å². The van der Waals surface area contributed by atoms with Crippen molar-refractivity contribution < 1.29 is 9.90 Å². The van der Waals surface area contributed by atoms with Crippen molar-refractivity contribution in [3.63, 3.8) is 0 Å². The standard InChI is InChI=1S/C10H16O2/c11-10(12)9-6-8(9)5-7-3-1-2-4-7/h7-9H,1-6H2,(H,11,12). The Kier molecular flexibility index (Phi) is 2.07. The van der Waals surface area contributed by atoms with E-state index in [0.717, 1.165) is 12.3 Å². The Morgan fingerprint density at radius 1 is 1.33 bits per heavy atom. The van der Waals surface area contributed by atoms with Crippen LogP contribution < -0.4 is 0 Å². The average Bonchev–Trinajstić information content (AvgIpc) is 2.57. The SMILES string of the molecule is O=C(O)C1CC1CC1CCCC1. The van der Waals surface area contributed by atoms with E-state index in [-0.39, 0.29) is 5.92 Å². The highest BCUT2D eigenvalue weighted by Crippen LogP contribution is 2.46. The Bertz CT molecular complexity index is 182. The molecule has 2 fully saturated rings. The van der Waals surface area contributed by atoms with Crippen LogP contribution in [0.5, 0.6) is 0 Å². The number of carbonyl (C=O) groups is 1. The Labute approximate surface area is 73.0 Å². The van der Waals surface area contributed by atoms with Crippen molar-refractivity contribution in [3.8, 4) is 0 Å². The molecule has 0 aromatic carbocycles. The average molecular weight is 168 g/mol. The molecule has 0 aromatic rings. The van der Waals surface area contributed by atoms with E-state index in [9.17, 15) is 4.79 Å². The minimum absolute atomic E-state index is 0.0191. The summed E-state index contributed by atoms with van der Waals surface area (Å²) in [6, 6.07) is 0. The summed E-state index contributed by atoms with van der Waals surface area (Å²) in [5.41, 5.74) is 0. The van der Waals surface area contributed by atoms with Crippen molar-refractivity contribution in [3.05, 3.63) is 0 Å². The lowest BCUT2D eigenvalue weighted by molar-refractivity contribution is -0.138. The molecule has 68 valence electrons. The fraction of sp³-hybridized carbons (Fsp3) is 0.900. The molecule has 12 heavy (non-hydrogen) atoms. The summed E-state index contributed by atoms with van der Waals surface area (Å²) in [5.74, 6) is 0.841. The van der Waals surface area contributed by atoms with E-state index in [4.69, 9.17) is 5.11 Å². The van der Waals surface area contributed by atoms with Gasteiger partial charge in [-0.2, -0.15) is 0 Å². The number of hydrogen-bond acceptors (Lipinski definition) is 1. The lowest BCUT2D eigenvalue weighted by atomic mass is 10.00. The second-order valence-electron chi connectivity index (χ2n) is 4.33. The normalized spacial score (nSPS) is 35.3. The van der Waals surface area contributed by atoms with Gasteiger partial charge in [0.15, 0.2) is 0 Å². The molecular weight excluding hydrogens is 152 g/mol. The summed E-state index contributed by atoms with van der Waals surface area (Å²) >= 11 is 0. The summed E-state index contributed by atoms with van der Waals surface area (Å²) in [7, 11) is 0. The highest BCUT2D eigenvalue weighted by atomic mass is 16.4. The molecule has 0 bridgehead atoms. The van der Waals surface area contributed by atoms with Crippen LogP contribution in [0.25, 0.3) is 0 Å². The first kappa shape index (κ1) is 8.09. The summed E-state index contributed by atoms with van der Waals surface area (Å²) in [6.45, 7) is 0. The van der Waals surface area contributed by atoms with Crippen LogP contribution in [-0.2, 0) is 4.79 Å². The van der Waals surface area contributed by atoms with E-state index < -0.39 is 5.97 Å². The molecule has 0 aliphatic heterocycles. The van der Waals surface area contributed by atoms with Crippen molar-refractivity contribution in [2.24, 2.45) is 17.8 Å². The topological polar surface area (TPSA) is 37.3 Å². The predicted molar refractivity (Wildman–Crippen MR) is 45.8 cm³/mol. The van der Waals surface area contributed by atoms with Crippen LogP contribution in [0.4, 0.5) is 0 Å². The number of aliphatic carboxylic acids is 1. The maximum absolute atomic E-state index is 10.5. The Hall–Kier alpha value is -0.530. The fourth-order valence-corrected chi connectivity index (χ4v) is 2.48. The molecule has 2 aliphatic carbocycles. The Morgan fingerprint density at radius 2 is 2.00 bits per heavy atom. The van der Waals surface area contributed by atoms with Gasteiger partial charge < -0.3 is 5.11 Å². The highest BCUT2D eigenvalue weighted by molar-refractivity contribution is 5.73. The van der Waals surface area contributed by atoms with Gasteiger partial charge in [-0.25, -0.2) is 0 Å². The quantitative estimate of drug-likeness (QED) is 0.702. The van der Waals surface area contributed by atoms with Crippen molar-refractivity contribution in [1.82, 2.24) is 0 Å². The second kappa shape index (κ2) is 3.08. The first-order valence-corrected chi connectivity index (χ1v) is 5.00. The van der Waals surface area contributed by atoms with E-state index >= 15 is 0 Å². The van der Waals surface area contributed by atoms with Gasteiger partial charge in [0.05, 0.1) is 5.92 Å². The van der Waals surface area contributed by atoms with Gasteiger partial charge in [0, 0.05) is 0 Å². The zero-order chi connectivity index (χ0) is 8.55. The molecule has 2 heteroatoms. The van der Waals surface area contributed by atoms with E-state index in [1.54, 1.807) is 0 Å². The van der Waals surface area contributed by atoms with Gasteiger partial charge in [0.25, 0.3) is 0 Å². The predicted octanol–water partition coefficient (Wildman–Crippen LogP) is 2.29. The van der Waals surface area contributed by atoms with Crippen molar-refractivity contribution in [2.75, 3.05) is 0 Å². The molecule has 0 saturated heterocycles. The summed E-state index contributed by atoms with van der Waals surface area (Å²) in [6.07, 6.45) is 7.58. The largest absolute Gasteiger partial charge is 0.481 e. The van der Waals surface area contributed by atoms with Crippen LogP contribution in [0.2, 0.25) is 0 Å². The van der Waals surface area contributed by atoms with E-state index in [1.165, 1.54) is 32.1 Å². The molecule has 2 atom stereocenters. The summed E-state index contributed by atoms with van der Waals surface area (Å²) in [4.78, 5) is 10.5. The Balaban J connectivity index is 1.72.